The molecule has 0 aliphatic rings. The van der Waals surface area contributed by atoms with Crippen LogP contribution in [0.5, 0.6) is 5.75 Å². The second-order valence-corrected chi connectivity index (χ2v) is 5.12. The summed E-state index contributed by atoms with van der Waals surface area (Å²) in [4.78, 5) is 12.1. The number of carboxylic acids is 1. The van der Waals surface area contributed by atoms with E-state index in [9.17, 15) is 9.90 Å². The number of thioether (sulfide) groups is 1. The van der Waals surface area contributed by atoms with Crippen LogP contribution in [0.15, 0.2) is 53.4 Å². The molecule has 0 amide bonds. The molecule has 0 spiro atoms. The van der Waals surface area contributed by atoms with Gasteiger partial charge in [-0.3, -0.25) is 0 Å². The summed E-state index contributed by atoms with van der Waals surface area (Å²) in [6.07, 6.45) is 1.87. The van der Waals surface area contributed by atoms with Crippen molar-refractivity contribution in [3.8, 4) is 5.75 Å². The van der Waals surface area contributed by atoms with E-state index in [1.165, 1.54) is 11.8 Å². The summed E-state index contributed by atoms with van der Waals surface area (Å²) in [7, 11) is 0. The van der Waals surface area contributed by atoms with Crippen molar-refractivity contribution in [1.82, 2.24) is 0 Å². The van der Waals surface area contributed by atoms with E-state index in [4.69, 9.17) is 4.74 Å². The zero-order chi connectivity index (χ0) is 15.1. The maximum atomic E-state index is 11.4. The number of hydrogen-bond acceptors (Lipinski definition) is 4. The number of benzene rings is 2. The van der Waals surface area contributed by atoms with Gasteiger partial charge in [-0.25, -0.2) is 4.79 Å². The lowest BCUT2D eigenvalue weighted by Crippen LogP contribution is -2.14. The lowest BCUT2D eigenvalue weighted by Gasteiger charge is -2.12. The van der Waals surface area contributed by atoms with Crippen molar-refractivity contribution < 1.29 is 14.6 Å². The molecule has 4 nitrogen and oxygen atoms in total. The number of rotatable bonds is 7. The van der Waals surface area contributed by atoms with Crippen LogP contribution in [0.25, 0.3) is 0 Å². The third-order valence-corrected chi connectivity index (χ3v) is 3.67. The zero-order valence-corrected chi connectivity index (χ0v) is 12.5. The molecule has 0 bridgehead atoms. The van der Waals surface area contributed by atoms with Crippen molar-refractivity contribution >= 4 is 23.4 Å². The number of aromatic carboxylic acids is 1. The molecular weight excluding hydrogens is 286 g/mol. The zero-order valence-electron chi connectivity index (χ0n) is 11.7. The summed E-state index contributed by atoms with van der Waals surface area (Å²) in [5.41, 5.74) is 0.927. The predicted molar refractivity (Wildman–Crippen MR) is 85.6 cm³/mol. The molecule has 0 atom stereocenters. The number of nitrogens with one attached hydrogen (secondary N) is 1. The van der Waals surface area contributed by atoms with Crippen molar-refractivity contribution in [2.45, 2.75) is 4.90 Å². The number of ether oxygens (including phenoxy) is 1. The van der Waals surface area contributed by atoms with Crippen LogP contribution in [0, 0.1) is 0 Å². The largest absolute Gasteiger partial charge is 0.492 e. The maximum Gasteiger partial charge on any atom is 0.338 e. The Morgan fingerprint density at radius 2 is 1.95 bits per heavy atom. The van der Waals surface area contributed by atoms with Gasteiger partial charge in [0.15, 0.2) is 0 Å². The molecule has 0 saturated carbocycles. The number of carboxylic acid groups (broad SMARTS) is 1. The minimum absolute atomic E-state index is 0.310. The average molecular weight is 303 g/mol. The summed E-state index contributed by atoms with van der Waals surface area (Å²) >= 11 is 1.42. The average Bonchev–Trinajstić information content (AvgIpc) is 2.52. The van der Waals surface area contributed by atoms with Gasteiger partial charge in [0.1, 0.15) is 12.4 Å². The fourth-order valence-corrected chi connectivity index (χ4v) is 2.56. The Kier molecular flexibility index (Phi) is 5.51. The monoisotopic (exact) mass is 303 g/mol. The summed E-state index contributed by atoms with van der Waals surface area (Å²) in [6.45, 7) is 1.000. The third-order valence-electron chi connectivity index (χ3n) is 2.89. The van der Waals surface area contributed by atoms with Crippen LogP contribution in [0.3, 0.4) is 0 Å². The second-order valence-electron chi connectivity index (χ2n) is 4.28. The molecule has 110 valence electrons. The molecule has 0 radical (unpaired) electrons. The van der Waals surface area contributed by atoms with E-state index in [1.54, 1.807) is 12.1 Å². The molecular formula is C16H17NO3S. The normalized spacial score (nSPS) is 10.1. The topological polar surface area (TPSA) is 58.6 Å². The molecule has 0 aromatic heterocycles. The molecule has 0 fully saturated rings. The SMILES string of the molecule is CSc1cccc(NCCOc2ccccc2)c1C(=O)O. The van der Waals surface area contributed by atoms with E-state index < -0.39 is 5.97 Å². The van der Waals surface area contributed by atoms with Crippen molar-refractivity contribution in [3.63, 3.8) is 0 Å². The van der Waals surface area contributed by atoms with Gasteiger partial charge in [0.05, 0.1) is 5.56 Å². The highest BCUT2D eigenvalue weighted by molar-refractivity contribution is 7.98. The Morgan fingerprint density at radius 1 is 1.19 bits per heavy atom. The van der Waals surface area contributed by atoms with Gasteiger partial charge in [0, 0.05) is 17.1 Å². The summed E-state index contributed by atoms with van der Waals surface area (Å²) in [5, 5.41) is 12.4. The molecule has 2 aromatic carbocycles. The van der Waals surface area contributed by atoms with Gasteiger partial charge in [-0.05, 0) is 30.5 Å². The molecule has 0 aliphatic heterocycles. The molecule has 2 N–H and O–H groups in total. The fourth-order valence-electron chi connectivity index (χ4n) is 1.94. The first-order valence-electron chi connectivity index (χ1n) is 6.54. The predicted octanol–water partition coefficient (Wildman–Crippen LogP) is 3.60. The van der Waals surface area contributed by atoms with Gasteiger partial charge in [0.25, 0.3) is 0 Å². The van der Waals surface area contributed by atoms with Crippen LogP contribution in [0.2, 0.25) is 0 Å². The number of carbonyl (C=O) groups is 1. The van der Waals surface area contributed by atoms with E-state index in [-0.39, 0.29) is 0 Å². The van der Waals surface area contributed by atoms with E-state index >= 15 is 0 Å². The molecule has 2 rings (SSSR count). The first-order valence-corrected chi connectivity index (χ1v) is 7.77. The quantitative estimate of drug-likeness (QED) is 0.604. The Balaban J connectivity index is 1.95. The van der Waals surface area contributed by atoms with E-state index in [2.05, 4.69) is 5.32 Å². The molecule has 2 aromatic rings. The first-order chi connectivity index (χ1) is 10.2. The number of para-hydroxylation sites is 1. The van der Waals surface area contributed by atoms with Crippen molar-refractivity contribution in [3.05, 3.63) is 54.1 Å². The second kappa shape index (κ2) is 7.59. The standard InChI is InChI=1S/C16H17NO3S/c1-21-14-9-5-8-13(15(14)16(18)19)17-10-11-20-12-6-3-2-4-7-12/h2-9,17H,10-11H2,1H3,(H,18,19). The fraction of sp³-hybridized carbons (Fsp3) is 0.188. The van der Waals surface area contributed by atoms with E-state index in [1.807, 2.05) is 42.7 Å². The minimum atomic E-state index is -0.925. The molecule has 0 heterocycles. The smallest absolute Gasteiger partial charge is 0.338 e. The van der Waals surface area contributed by atoms with Gasteiger partial charge in [-0.1, -0.05) is 24.3 Å². The Labute approximate surface area is 128 Å². The van der Waals surface area contributed by atoms with Crippen molar-refractivity contribution in [2.24, 2.45) is 0 Å². The summed E-state index contributed by atoms with van der Waals surface area (Å²) < 4.78 is 5.57. The Bertz CT molecular complexity index is 602. The van der Waals surface area contributed by atoms with Crippen LogP contribution in [-0.4, -0.2) is 30.5 Å². The van der Waals surface area contributed by atoms with Gasteiger partial charge < -0.3 is 15.2 Å². The molecule has 21 heavy (non-hydrogen) atoms. The molecule has 0 aliphatic carbocycles. The Morgan fingerprint density at radius 3 is 2.62 bits per heavy atom. The van der Waals surface area contributed by atoms with Gasteiger partial charge >= 0.3 is 5.97 Å². The Hall–Kier alpha value is -2.14. The molecule has 0 saturated heterocycles. The van der Waals surface area contributed by atoms with E-state index in [0.29, 0.717) is 24.4 Å². The van der Waals surface area contributed by atoms with Crippen LogP contribution in [0.4, 0.5) is 5.69 Å². The van der Waals surface area contributed by atoms with Crippen LogP contribution >= 0.6 is 11.8 Å². The van der Waals surface area contributed by atoms with Crippen LogP contribution < -0.4 is 10.1 Å². The van der Waals surface area contributed by atoms with E-state index in [0.717, 1.165) is 10.6 Å². The number of anilines is 1. The van der Waals surface area contributed by atoms with Crippen LogP contribution in [-0.2, 0) is 0 Å². The first kappa shape index (κ1) is 15.3. The molecule has 5 heteroatoms. The van der Waals surface area contributed by atoms with Gasteiger partial charge in [-0.15, -0.1) is 11.8 Å². The highest BCUT2D eigenvalue weighted by Crippen LogP contribution is 2.27. The summed E-state index contributed by atoms with van der Waals surface area (Å²) in [6, 6.07) is 14.9. The van der Waals surface area contributed by atoms with Crippen molar-refractivity contribution in [2.75, 3.05) is 24.7 Å². The third kappa shape index (κ3) is 4.16. The van der Waals surface area contributed by atoms with Crippen LogP contribution in [0.1, 0.15) is 10.4 Å². The maximum absolute atomic E-state index is 11.4. The van der Waals surface area contributed by atoms with Gasteiger partial charge in [-0.2, -0.15) is 0 Å². The van der Waals surface area contributed by atoms with Crippen molar-refractivity contribution in [1.29, 1.82) is 0 Å². The lowest BCUT2D eigenvalue weighted by atomic mass is 10.2. The highest BCUT2D eigenvalue weighted by Gasteiger charge is 2.14. The number of hydrogen-bond donors (Lipinski definition) is 2. The van der Waals surface area contributed by atoms with Gasteiger partial charge in [0.2, 0.25) is 0 Å². The summed E-state index contributed by atoms with van der Waals surface area (Å²) in [5.74, 6) is -0.123. The molecule has 0 unspecified atom stereocenters. The lowest BCUT2D eigenvalue weighted by molar-refractivity contribution is 0.0694. The minimum Gasteiger partial charge on any atom is -0.492 e. The highest BCUT2D eigenvalue weighted by atomic mass is 32.2.